The van der Waals surface area contributed by atoms with Crippen molar-refractivity contribution in [1.82, 2.24) is 19.9 Å². The molecule has 0 atom stereocenters. The number of hydrogen-bond acceptors (Lipinski definition) is 4. The number of para-hydroxylation sites is 2. The average molecular weight is 489 g/mol. The number of nitrogens with one attached hydrogen (secondary N) is 2. The van der Waals surface area contributed by atoms with Gasteiger partial charge >= 0.3 is 0 Å². The Labute approximate surface area is 205 Å². The Hall–Kier alpha value is -3.55. The van der Waals surface area contributed by atoms with Gasteiger partial charge in [0.25, 0.3) is 5.56 Å². The predicted molar refractivity (Wildman–Crippen MR) is 138 cm³/mol. The number of nitrogens with zero attached hydrogens (tertiary/aromatic N) is 2. The second-order valence-corrected chi connectivity index (χ2v) is 9.22. The summed E-state index contributed by atoms with van der Waals surface area (Å²) < 4.78 is 1.58. The first-order valence-corrected chi connectivity index (χ1v) is 12.1. The first-order chi connectivity index (χ1) is 16.5. The quantitative estimate of drug-likeness (QED) is 0.253. The smallest absolute Gasteiger partial charge is 0.283 e. The molecule has 2 heterocycles. The highest BCUT2D eigenvalue weighted by Crippen LogP contribution is 2.27. The third-order valence-corrected chi connectivity index (χ3v) is 6.92. The van der Waals surface area contributed by atoms with E-state index in [0.29, 0.717) is 27.8 Å². The molecule has 2 N–H and O–H groups in total. The summed E-state index contributed by atoms with van der Waals surface area (Å²) >= 11 is 7.42. The summed E-state index contributed by atoms with van der Waals surface area (Å²) in [6.45, 7) is 2.28. The number of benzene rings is 3. The van der Waals surface area contributed by atoms with Crippen molar-refractivity contribution < 1.29 is 4.79 Å². The molecule has 170 valence electrons. The van der Waals surface area contributed by atoms with Crippen LogP contribution in [0.25, 0.3) is 27.6 Å². The lowest BCUT2D eigenvalue weighted by molar-refractivity contribution is -0.118. The predicted octanol–water partition coefficient (Wildman–Crippen LogP) is 5.24. The van der Waals surface area contributed by atoms with Gasteiger partial charge in [0.2, 0.25) is 5.91 Å². The Morgan fingerprint density at radius 2 is 1.79 bits per heavy atom. The molecular formula is C26H21ClN4O2S. The van der Waals surface area contributed by atoms with E-state index in [1.807, 2.05) is 73.7 Å². The van der Waals surface area contributed by atoms with Crippen LogP contribution >= 0.6 is 23.4 Å². The van der Waals surface area contributed by atoms with Gasteiger partial charge in [-0.3, -0.25) is 14.2 Å². The molecule has 5 rings (SSSR count). The van der Waals surface area contributed by atoms with Crippen molar-refractivity contribution >= 4 is 51.2 Å². The average Bonchev–Trinajstić information content (AvgIpc) is 3.22. The summed E-state index contributed by atoms with van der Waals surface area (Å²) in [5.74, 6) is -0.0640. The summed E-state index contributed by atoms with van der Waals surface area (Å²) in [6.07, 6.45) is 0. The van der Waals surface area contributed by atoms with Crippen molar-refractivity contribution in [2.75, 3.05) is 5.75 Å². The number of amides is 1. The van der Waals surface area contributed by atoms with Crippen LogP contribution in [-0.2, 0) is 11.3 Å². The summed E-state index contributed by atoms with van der Waals surface area (Å²) in [7, 11) is 0. The van der Waals surface area contributed by atoms with E-state index < -0.39 is 0 Å². The maximum atomic E-state index is 13.6. The fourth-order valence-corrected chi connectivity index (χ4v) is 4.91. The molecule has 5 aromatic rings. The number of carbonyl (C=O) groups is 1. The summed E-state index contributed by atoms with van der Waals surface area (Å²) in [6, 6.07) is 22.7. The third kappa shape index (κ3) is 4.20. The fourth-order valence-electron chi connectivity index (χ4n) is 3.88. The van der Waals surface area contributed by atoms with Gasteiger partial charge in [-0.2, -0.15) is 0 Å². The summed E-state index contributed by atoms with van der Waals surface area (Å²) in [4.78, 5) is 34.3. The first-order valence-electron chi connectivity index (χ1n) is 10.8. The Morgan fingerprint density at radius 3 is 2.62 bits per heavy atom. The number of hydrogen-bond donors (Lipinski definition) is 2. The standard InChI is InChI=1S/C26H21ClN4O2S/c1-16-8-2-7-13-21(16)31-25(33)24-23(18-10-4-6-12-20(18)29-24)30-26(31)34-15-22(32)28-14-17-9-3-5-11-19(17)27/h2-13,29H,14-15H2,1H3,(H,28,32). The molecule has 0 bridgehead atoms. The van der Waals surface area contributed by atoms with Crippen molar-refractivity contribution in [3.63, 3.8) is 0 Å². The largest absolute Gasteiger partial charge is 0.351 e. The van der Waals surface area contributed by atoms with Gasteiger partial charge in [-0.1, -0.05) is 78.0 Å². The van der Waals surface area contributed by atoms with Crippen LogP contribution in [0.3, 0.4) is 0 Å². The molecule has 0 aliphatic heterocycles. The molecular weight excluding hydrogens is 468 g/mol. The van der Waals surface area contributed by atoms with Crippen molar-refractivity contribution in [1.29, 1.82) is 0 Å². The highest BCUT2D eigenvalue weighted by molar-refractivity contribution is 7.99. The number of fused-ring (bicyclic) bond motifs is 3. The van der Waals surface area contributed by atoms with Crippen LogP contribution in [0.2, 0.25) is 5.02 Å². The van der Waals surface area contributed by atoms with E-state index in [-0.39, 0.29) is 17.2 Å². The Bertz CT molecular complexity index is 1590. The fraction of sp³-hybridized carbons (Fsp3) is 0.115. The number of aromatic amines is 1. The van der Waals surface area contributed by atoms with Gasteiger partial charge in [-0.25, -0.2) is 4.98 Å². The van der Waals surface area contributed by atoms with Crippen LogP contribution in [-0.4, -0.2) is 26.2 Å². The third-order valence-electron chi connectivity index (χ3n) is 5.62. The van der Waals surface area contributed by atoms with Crippen LogP contribution < -0.4 is 10.9 Å². The molecule has 34 heavy (non-hydrogen) atoms. The second kappa shape index (κ2) is 9.37. The van der Waals surface area contributed by atoms with Gasteiger partial charge in [0, 0.05) is 22.5 Å². The van der Waals surface area contributed by atoms with Crippen LogP contribution in [0, 0.1) is 6.92 Å². The minimum Gasteiger partial charge on any atom is -0.351 e. The Kier molecular flexibility index (Phi) is 6.13. The summed E-state index contributed by atoms with van der Waals surface area (Å²) in [5.41, 5.74) is 4.21. The molecule has 8 heteroatoms. The highest BCUT2D eigenvalue weighted by atomic mass is 35.5. The van der Waals surface area contributed by atoms with E-state index in [1.54, 1.807) is 10.6 Å². The number of thioether (sulfide) groups is 1. The van der Waals surface area contributed by atoms with Crippen LogP contribution in [0.1, 0.15) is 11.1 Å². The summed E-state index contributed by atoms with van der Waals surface area (Å²) in [5, 5.41) is 4.83. The van der Waals surface area contributed by atoms with Crippen LogP contribution in [0.5, 0.6) is 0 Å². The number of aromatic nitrogens is 3. The number of rotatable bonds is 6. The van der Waals surface area contributed by atoms with Crippen LogP contribution in [0.4, 0.5) is 0 Å². The molecule has 0 spiro atoms. The zero-order chi connectivity index (χ0) is 23.7. The van der Waals surface area contributed by atoms with Gasteiger partial charge in [0.05, 0.1) is 11.4 Å². The van der Waals surface area contributed by atoms with Gasteiger partial charge < -0.3 is 10.3 Å². The minimum atomic E-state index is -0.200. The van der Waals surface area contributed by atoms with E-state index in [0.717, 1.165) is 27.7 Å². The maximum absolute atomic E-state index is 13.6. The molecule has 3 aromatic carbocycles. The lowest BCUT2D eigenvalue weighted by Crippen LogP contribution is -2.26. The molecule has 0 saturated heterocycles. The first kappa shape index (κ1) is 22.3. The second-order valence-electron chi connectivity index (χ2n) is 7.87. The van der Waals surface area contributed by atoms with E-state index >= 15 is 0 Å². The molecule has 0 unspecified atom stereocenters. The highest BCUT2D eigenvalue weighted by Gasteiger charge is 2.19. The van der Waals surface area contributed by atoms with Crippen molar-refractivity contribution in [3.05, 3.63) is 99.3 Å². The number of carbonyl (C=O) groups excluding carboxylic acids is 1. The zero-order valence-corrected chi connectivity index (χ0v) is 19.9. The van der Waals surface area contributed by atoms with Crippen LogP contribution in [0.15, 0.2) is 82.7 Å². The molecule has 0 aliphatic rings. The van der Waals surface area contributed by atoms with Gasteiger partial charge in [0.15, 0.2) is 5.16 Å². The topological polar surface area (TPSA) is 79.8 Å². The minimum absolute atomic E-state index is 0.108. The Balaban J connectivity index is 1.51. The van der Waals surface area contributed by atoms with Gasteiger partial charge in [0.1, 0.15) is 11.0 Å². The zero-order valence-electron chi connectivity index (χ0n) is 18.3. The maximum Gasteiger partial charge on any atom is 0.283 e. The van der Waals surface area contributed by atoms with E-state index in [1.165, 1.54) is 11.8 Å². The van der Waals surface area contributed by atoms with E-state index in [2.05, 4.69) is 10.3 Å². The normalized spacial score (nSPS) is 11.2. The molecule has 0 fully saturated rings. The van der Waals surface area contributed by atoms with Gasteiger partial charge in [-0.15, -0.1) is 0 Å². The Morgan fingerprint density at radius 1 is 1.06 bits per heavy atom. The molecule has 6 nitrogen and oxygen atoms in total. The molecule has 0 saturated carbocycles. The molecule has 0 radical (unpaired) electrons. The molecule has 0 aliphatic carbocycles. The number of aryl methyl sites for hydroxylation is 1. The van der Waals surface area contributed by atoms with E-state index in [9.17, 15) is 9.59 Å². The van der Waals surface area contributed by atoms with Crippen molar-refractivity contribution in [2.24, 2.45) is 0 Å². The molecule has 2 aromatic heterocycles. The van der Waals surface area contributed by atoms with E-state index in [4.69, 9.17) is 16.6 Å². The number of H-pyrrole nitrogens is 1. The SMILES string of the molecule is Cc1ccccc1-n1c(SCC(=O)NCc2ccccc2Cl)nc2c([nH]c3ccccc32)c1=O. The van der Waals surface area contributed by atoms with Crippen molar-refractivity contribution in [2.45, 2.75) is 18.6 Å². The number of halogens is 1. The molecule has 1 amide bonds. The lowest BCUT2D eigenvalue weighted by atomic mass is 10.2. The van der Waals surface area contributed by atoms with Gasteiger partial charge in [-0.05, 0) is 36.2 Å². The lowest BCUT2D eigenvalue weighted by Gasteiger charge is -2.14. The monoisotopic (exact) mass is 488 g/mol. The van der Waals surface area contributed by atoms with Crippen molar-refractivity contribution in [3.8, 4) is 5.69 Å².